The number of nitrogens with zero attached hydrogens (tertiary/aromatic N) is 1. The fourth-order valence-corrected chi connectivity index (χ4v) is 4.82. The molecule has 2 amide bonds. The fraction of sp³-hybridized carbons (Fsp3) is 0.579. The minimum atomic E-state index is -3.59. The Morgan fingerprint density at radius 2 is 1.81 bits per heavy atom. The van der Waals surface area contributed by atoms with Crippen LogP contribution in [0.5, 0.6) is 0 Å². The molecule has 0 bridgehead atoms. The minimum Gasteiger partial charge on any atom is -0.354 e. The topological polar surface area (TPSA) is 95.6 Å². The molecule has 8 heteroatoms. The maximum Gasteiger partial charge on any atom is 0.240 e. The van der Waals surface area contributed by atoms with Gasteiger partial charge in [0.05, 0.1) is 10.8 Å². The third-order valence-electron chi connectivity index (χ3n) is 5.34. The Hall–Kier alpha value is -1.93. The summed E-state index contributed by atoms with van der Waals surface area (Å²) in [4.78, 5) is 26.5. The molecule has 0 aromatic heterocycles. The Labute approximate surface area is 160 Å². The average molecular weight is 394 g/mol. The van der Waals surface area contributed by atoms with Crippen molar-refractivity contribution in [3.63, 3.8) is 0 Å². The minimum absolute atomic E-state index is 0.0575. The first-order valence-corrected chi connectivity index (χ1v) is 11.0. The molecule has 2 fully saturated rings. The van der Waals surface area contributed by atoms with E-state index >= 15 is 0 Å². The van der Waals surface area contributed by atoms with Gasteiger partial charge >= 0.3 is 0 Å². The molecule has 1 unspecified atom stereocenters. The van der Waals surface area contributed by atoms with Crippen LogP contribution in [0.15, 0.2) is 29.2 Å². The van der Waals surface area contributed by atoms with E-state index in [0.717, 1.165) is 31.2 Å². The third kappa shape index (κ3) is 4.87. The number of hydrogen-bond donors (Lipinski definition) is 2. The average Bonchev–Trinajstić information content (AvgIpc) is 3.28. The second-order valence-corrected chi connectivity index (χ2v) is 9.15. The van der Waals surface area contributed by atoms with Gasteiger partial charge in [0.25, 0.3) is 0 Å². The SMILES string of the molecule is Cc1ccc(S(=O)(=O)NCCNC(=O)C2CC(=O)N(C3CCCC3)C2)cc1. The summed E-state index contributed by atoms with van der Waals surface area (Å²) >= 11 is 0. The van der Waals surface area contributed by atoms with Gasteiger partial charge in [-0.2, -0.15) is 0 Å². The van der Waals surface area contributed by atoms with Gasteiger partial charge < -0.3 is 10.2 Å². The summed E-state index contributed by atoms with van der Waals surface area (Å²) in [5.41, 5.74) is 0.985. The number of amides is 2. The van der Waals surface area contributed by atoms with Crippen molar-refractivity contribution in [2.24, 2.45) is 5.92 Å². The van der Waals surface area contributed by atoms with E-state index in [1.54, 1.807) is 24.3 Å². The van der Waals surface area contributed by atoms with Crippen molar-refractivity contribution in [2.45, 2.75) is 50.0 Å². The summed E-state index contributed by atoms with van der Waals surface area (Å²) < 4.78 is 26.9. The number of benzene rings is 1. The van der Waals surface area contributed by atoms with E-state index in [0.29, 0.717) is 6.54 Å². The van der Waals surface area contributed by atoms with Crippen molar-refractivity contribution in [1.29, 1.82) is 0 Å². The maximum absolute atomic E-state index is 12.3. The van der Waals surface area contributed by atoms with Crippen molar-refractivity contribution in [1.82, 2.24) is 14.9 Å². The zero-order valence-corrected chi connectivity index (χ0v) is 16.4. The molecule has 1 aromatic rings. The van der Waals surface area contributed by atoms with Gasteiger partial charge in [0, 0.05) is 32.1 Å². The third-order valence-corrected chi connectivity index (χ3v) is 6.82. The number of likely N-dealkylation sites (tertiary alicyclic amines) is 1. The number of carbonyl (C=O) groups excluding carboxylic acids is 2. The van der Waals surface area contributed by atoms with Gasteiger partial charge in [0.1, 0.15) is 0 Å². The molecule has 0 radical (unpaired) electrons. The zero-order valence-electron chi connectivity index (χ0n) is 15.6. The quantitative estimate of drug-likeness (QED) is 0.680. The van der Waals surface area contributed by atoms with Crippen LogP contribution in [0.2, 0.25) is 0 Å². The fourth-order valence-electron chi connectivity index (χ4n) is 3.79. The molecule has 7 nitrogen and oxygen atoms in total. The van der Waals surface area contributed by atoms with E-state index in [9.17, 15) is 18.0 Å². The molecule has 0 spiro atoms. The second-order valence-electron chi connectivity index (χ2n) is 7.39. The smallest absolute Gasteiger partial charge is 0.240 e. The first-order valence-electron chi connectivity index (χ1n) is 9.50. The second kappa shape index (κ2) is 8.39. The van der Waals surface area contributed by atoms with Crippen LogP contribution in [0.1, 0.15) is 37.7 Å². The molecule has 148 valence electrons. The molecule has 1 aliphatic carbocycles. The van der Waals surface area contributed by atoms with E-state index in [1.807, 2.05) is 11.8 Å². The zero-order chi connectivity index (χ0) is 19.4. The first kappa shape index (κ1) is 19.8. The van der Waals surface area contributed by atoms with Crippen molar-refractivity contribution < 1.29 is 18.0 Å². The molecule has 1 atom stereocenters. The summed E-state index contributed by atoms with van der Waals surface area (Å²) in [6, 6.07) is 6.87. The van der Waals surface area contributed by atoms with Gasteiger partial charge in [0.15, 0.2) is 0 Å². The van der Waals surface area contributed by atoms with Crippen LogP contribution >= 0.6 is 0 Å². The van der Waals surface area contributed by atoms with Gasteiger partial charge in [0.2, 0.25) is 21.8 Å². The molecule has 1 saturated carbocycles. The van der Waals surface area contributed by atoms with Gasteiger partial charge in [-0.25, -0.2) is 13.1 Å². The normalized spacial score (nSPS) is 21.0. The lowest BCUT2D eigenvalue weighted by atomic mass is 10.1. The van der Waals surface area contributed by atoms with Crippen molar-refractivity contribution >= 4 is 21.8 Å². The van der Waals surface area contributed by atoms with Gasteiger partial charge in [-0.3, -0.25) is 9.59 Å². The summed E-state index contributed by atoms with van der Waals surface area (Å²) in [5, 5.41) is 2.74. The van der Waals surface area contributed by atoms with E-state index in [2.05, 4.69) is 10.0 Å². The first-order chi connectivity index (χ1) is 12.9. The predicted molar refractivity (Wildman–Crippen MR) is 101 cm³/mol. The van der Waals surface area contributed by atoms with Crippen LogP contribution in [-0.2, 0) is 19.6 Å². The summed E-state index contributed by atoms with van der Waals surface area (Å²) in [5.74, 6) is -0.465. The van der Waals surface area contributed by atoms with Crippen LogP contribution in [0.4, 0.5) is 0 Å². The van der Waals surface area contributed by atoms with E-state index in [-0.39, 0.29) is 48.2 Å². The lowest BCUT2D eigenvalue weighted by molar-refractivity contribution is -0.130. The van der Waals surface area contributed by atoms with Crippen LogP contribution in [0.25, 0.3) is 0 Å². The molecule has 1 aliphatic heterocycles. The van der Waals surface area contributed by atoms with Crippen LogP contribution in [0.3, 0.4) is 0 Å². The number of rotatable bonds is 7. The summed E-state index contributed by atoms with van der Waals surface area (Å²) in [6.07, 6.45) is 4.60. The van der Waals surface area contributed by atoms with Crippen LogP contribution in [-0.4, -0.2) is 50.8 Å². The Bertz CT molecular complexity index is 786. The molecule has 27 heavy (non-hydrogen) atoms. The number of carbonyl (C=O) groups is 2. The van der Waals surface area contributed by atoms with Gasteiger partial charge in [-0.1, -0.05) is 30.5 Å². The molecule has 1 heterocycles. The highest BCUT2D eigenvalue weighted by molar-refractivity contribution is 7.89. The Morgan fingerprint density at radius 1 is 1.15 bits per heavy atom. The van der Waals surface area contributed by atoms with Crippen LogP contribution < -0.4 is 10.0 Å². The number of aryl methyl sites for hydroxylation is 1. The van der Waals surface area contributed by atoms with E-state index in [1.165, 1.54) is 0 Å². The summed E-state index contributed by atoms with van der Waals surface area (Å²) in [6.45, 7) is 2.67. The molecule has 3 rings (SSSR count). The van der Waals surface area contributed by atoms with Crippen molar-refractivity contribution in [3.8, 4) is 0 Å². The predicted octanol–water partition coefficient (Wildman–Crippen LogP) is 1.18. The highest BCUT2D eigenvalue weighted by atomic mass is 32.2. The molecule has 1 saturated heterocycles. The Kier molecular flexibility index (Phi) is 6.16. The Morgan fingerprint density at radius 3 is 2.48 bits per heavy atom. The molecule has 2 N–H and O–H groups in total. The van der Waals surface area contributed by atoms with E-state index < -0.39 is 10.0 Å². The largest absolute Gasteiger partial charge is 0.354 e. The monoisotopic (exact) mass is 393 g/mol. The lowest BCUT2D eigenvalue weighted by Gasteiger charge is -2.23. The summed E-state index contributed by atoms with van der Waals surface area (Å²) in [7, 11) is -3.59. The van der Waals surface area contributed by atoms with Gasteiger partial charge in [-0.15, -0.1) is 0 Å². The van der Waals surface area contributed by atoms with Crippen molar-refractivity contribution in [3.05, 3.63) is 29.8 Å². The molecular weight excluding hydrogens is 366 g/mol. The molecule has 2 aliphatic rings. The number of nitrogens with one attached hydrogen (secondary N) is 2. The van der Waals surface area contributed by atoms with Crippen molar-refractivity contribution in [2.75, 3.05) is 19.6 Å². The lowest BCUT2D eigenvalue weighted by Crippen LogP contribution is -2.39. The standard InChI is InChI=1S/C19H27N3O4S/c1-14-6-8-17(9-7-14)27(25,26)21-11-10-20-19(24)15-12-18(23)22(13-15)16-4-2-3-5-16/h6-9,15-16,21H,2-5,10-13H2,1H3,(H,20,24). The molecular formula is C19H27N3O4S. The Balaban J connectivity index is 1.43. The molecule has 1 aromatic carbocycles. The number of sulfonamides is 1. The van der Waals surface area contributed by atoms with Gasteiger partial charge in [-0.05, 0) is 31.9 Å². The maximum atomic E-state index is 12.3. The van der Waals surface area contributed by atoms with E-state index in [4.69, 9.17) is 0 Å². The number of hydrogen-bond acceptors (Lipinski definition) is 4. The highest BCUT2D eigenvalue weighted by Gasteiger charge is 2.38. The highest BCUT2D eigenvalue weighted by Crippen LogP contribution is 2.29. The van der Waals surface area contributed by atoms with Crippen LogP contribution in [0, 0.1) is 12.8 Å².